The highest BCUT2D eigenvalue weighted by Gasteiger charge is 2.37. The molecule has 184 valence electrons. The van der Waals surface area contributed by atoms with Crippen molar-refractivity contribution in [2.75, 3.05) is 13.2 Å². The molecular weight excluding hydrogens is 481 g/mol. The van der Waals surface area contributed by atoms with Crippen LogP contribution in [0, 0.1) is 5.82 Å². The predicted molar refractivity (Wildman–Crippen MR) is 111 cm³/mol. The average molecular weight is 498 g/mol. The zero-order valence-corrected chi connectivity index (χ0v) is 17.9. The van der Waals surface area contributed by atoms with E-state index in [1.54, 1.807) is 0 Å². The fourth-order valence-corrected chi connectivity index (χ4v) is 3.79. The summed E-state index contributed by atoms with van der Waals surface area (Å²) in [6.07, 6.45) is -8.34. The first kappa shape index (κ1) is 24.5. The number of carbonyl (C=O) groups is 1. The van der Waals surface area contributed by atoms with Crippen molar-refractivity contribution in [2.45, 2.75) is 25.3 Å². The number of carbonyl (C=O) groups excluding carboxylic acids is 1. The number of fused-ring (bicyclic) bond motifs is 1. The fourth-order valence-electron chi connectivity index (χ4n) is 3.79. The molecule has 1 aliphatic rings. The van der Waals surface area contributed by atoms with Crippen molar-refractivity contribution >= 4 is 5.91 Å². The van der Waals surface area contributed by atoms with Crippen LogP contribution in [0.3, 0.4) is 0 Å². The largest absolute Gasteiger partial charge is 0.477 e. The lowest BCUT2D eigenvalue weighted by molar-refractivity contribution is -0.143. The van der Waals surface area contributed by atoms with Crippen LogP contribution in [0.2, 0.25) is 0 Å². The SMILES string of the molecule is O=C1c2c(-c3ccc(F)cc3)ccnc2OCCCN1Cc1cc(C(F)(F)F)cc(C(F)(F)F)c1. The maximum Gasteiger partial charge on any atom is 0.416 e. The van der Waals surface area contributed by atoms with E-state index >= 15 is 0 Å². The first-order chi connectivity index (χ1) is 16.4. The van der Waals surface area contributed by atoms with Crippen molar-refractivity contribution in [1.82, 2.24) is 9.88 Å². The third kappa shape index (κ3) is 5.39. The zero-order chi connectivity index (χ0) is 25.4. The lowest BCUT2D eigenvalue weighted by Gasteiger charge is -2.28. The Morgan fingerprint density at radius 1 is 0.914 bits per heavy atom. The molecule has 0 unspecified atom stereocenters. The van der Waals surface area contributed by atoms with Crippen LogP contribution >= 0.6 is 0 Å². The molecule has 0 saturated heterocycles. The Morgan fingerprint density at radius 2 is 1.54 bits per heavy atom. The minimum Gasteiger partial charge on any atom is -0.477 e. The van der Waals surface area contributed by atoms with Crippen LogP contribution < -0.4 is 4.74 Å². The molecule has 2 heterocycles. The Kier molecular flexibility index (Phi) is 6.44. The third-order valence-electron chi connectivity index (χ3n) is 5.40. The van der Waals surface area contributed by atoms with Gasteiger partial charge in [0.1, 0.15) is 11.4 Å². The van der Waals surface area contributed by atoms with Gasteiger partial charge in [0.25, 0.3) is 5.91 Å². The van der Waals surface area contributed by atoms with Gasteiger partial charge >= 0.3 is 12.4 Å². The first-order valence-electron chi connectivity index (χ1n) is 10.4. The predicted octanol–water partition coefficient (Wildman–Crippen LogP) is 6.35. The Bertz CT molecular complexity index is 1210. The summed E-state index contributed by atoms with van der Waals surface area (Å²) in [5.74, 6) is -1.21. The topological polar surface area (TPSA) is 42.4 Å². The molecule has 1 aromatic heterocycles. The van der Waals surface area contributed by atoms with E-state index in [4.69, 9.17) is 4.74 Å². The standard InChI is InChI=1S/C24H17F7N2O2/c25-18-4-2-15(3-5-18)19-6-7-32-21-20(19)22(34)33(8-1-9-35-21)13-14-10-16(23(26,27)28)12-17(11-14)24(29,30)31/h2-7,10-12H,1,8-9,13H2. The summed E-state index contributed by atoms with van der Waals surface area (Å²) in [4.78, 5) is 18.7. The van der Waals surface area contributed by atoms with E-state index in [0.29, 0.717) is 23.3 Å². The summed E-state index contributed by atoms with van der Waals surface area (Å²) in [6, 6.07) is 7.99. The maximum atomic E-state index is 13.5. The molecule has 11 heteroatoms. The van der Waals surface area contributed by atoms with E-state index in [2.05, 4.69) is 4.98 Å². The van der Waals surface area contributed by atoms with Crippen molar-refractivity contribution < 1.29 is 40.3 Å². The molecule has 0 atom stereocenters. The third-order valence-corrected chi connectivity index (χ3v) is 5.40. The fraction of sp³-hybridized carbons (Fsp3) is 0.250. The Balaban J connectivity index is 1.76. The zero-order valence-electron chi connectivity index (χ0n) is 17.9. The summed E-state index contributed by atoms with van der Waals surface area (Å²) in [5.41, 5.74) is -2.45. The second-order valence-corrected chi connectivity index (χ2v) is 7.89. The highest BCUT2D eigenvalue weighted by atomic mass is 19.4. The van der Waals surface area contributed by atoms with Crippen molar-refractivity contribution in [1.29, 1.82) is 0 Å². The molecular formula is C24H17F7N2O2. The van der Waals surface area contributed by atoms with E-state index in [0.717, 1.165) is 4.90 Å². The molecule has 0 fully saturated rings. The molecule has 3 aromatic rings. The van der Waals surface area contributed by atoms with Crippen LogP contribution in [0.1, 0.15) is 33.5 Å². The molecule has 1 aliphatic heterocycles. The summed E-state index contributed by atoms with van der Waals surface area (Å²) in [7, 11) is 0. The van der Waals surface area contributed by atoms with Gasteiger partial charge in [0.05, 0.1) is 17.7 Å². The number of hydrogen-bond donors (Lipinski definition) is 0. The van der Waals surface area contributed by atoms with Crippen molar-refractivity contribution in [2.24, 2.45) is 0 Å². The molecule has 0 spiro atoms. The number of aromatic nitrogens is 1. The van der Waals surface area contributed by atoms with E-state index in [-0.39, 0.29) is 42.6 Å². The lowest BCUT2D eigenvalue weighted by atomic mass is 9.99. The molecule has 1 amide bonds. The monoisotopic (exact) mass is 498 g/mol. The van der Waals surface area contributed by atoms with E-state index in [9.17, 15) is 35.5 Å². The van der Waals surface area contributed by atoms with Gasteiger partial charge in [-0.3, -0.25) is 4.79 Å². The van der Waals surface area contributed by atoms with E-state index in [1.807, 2.05) is 0 Å². The number of rotatable bonds is 3. The van der Waals surface area contributed by atoms with Gasteiger partial charge < -0.3 is 9.64 Å². The molecule has 0 saturated carbocycles. The number of pyridine rings is 1. The van der Waals surface area contributed by atoms with Gasteiger partial charge in [-0.15, -0.1) is 0 Å². The summed E-state index contributed by atoms with van der Waals surface area (Å²) >= 11 is 0. The van der Waals surface area contributed by atoms with Crippen LogP contribution in [0.4, 0.5) is 30.7 Å². The molecule has 0 N–H and O–H groups in total. The van der Waals surface area contributed by atoms with Gasteiger partial charge in [-0.05, 0) is 53.9 Å². The van der Waals surface area contributed by atoms with Crippen LogP contribution in [0.25, 0.3) is 11.1 Å². The van der Waals surface area contributed by atoms with Crippen LogP contribution in [0.5, 0.6) is 5.88 Å². The Morgan fingerprint density at radius 3 is 2.14 bits per heavy atom. The average Bonchev–Trinajstić information content (AvgIpc) is 2.78. The van der Waals surface area contributed by atoms with Crippen molar-refractivity contribution in [3.05, 3.63) is 82.8 Å². The van der Waals surface area contributed by atoms with Crippen molar-refractivity contribution in [3.63, 3.8) is 0 Å². The second-order valence-electron chi connectivity index (χ2n) is 7.89. The van der Waals surface area contributed by atoms with Crippen LogP contribution in [-0.2, 0) is 18.9 Å². The van der Waals surface area contributed by atoms with Gasteiger partial charge in [-0.2, -0.15) is 26.3 Å². The number of nitrogens with zero attached hydrogens (tertiary/aromatic N) is 2. The van der Waals surface area contributed by atoms with E-state index < -0.39 is 41.7 Å². The van der Waals surface area contributed by atoms with Gasteiger partial charge in [-0.25, -0.2) is 9.37 Å². The maximum absolute atomic E-state index is 13.5. The highest BCUT2D eigenvalue weighted by Crippen LogP contribution is 2.37. The normalized spacial score (nSPS) is 14.7. The minimum atomic E-state index is -5.00. The molecule has 35 heavy (non-hydrogen) atoms. The number of ether oxygens (including phenoxy) is 1. The first-order valence-corrected chi connectivity index (χ1v) is 10.4. The van der Waals surface area contributed by atoms with E-state index in [1.165, 1.54) is 36.5 Å². The number of hydrogen-bond acceptors (Lipinski definition) is 3. The summed E-state index contributed by atoms with van der Waals surface area (Å²) in [6.45, 7) is -0.357. The smallest absolute Gasteiger partial charge is 0.416 e. The molecule has 4 rings (SSSR count). The number of alkyl halides is 6. The molecule has 0 aliphatic carbocycles. The number of halogens is 7. The van der Waals surface area contributed by atoms with Crippen LogP contribution in [-0.4, -0.2) is 28.9 Å². The molecule has 0 bridgehead atoms. The van der Waals surface area contributed by atoms with Crippen LogP contribution in [0.15, 0.2) is 54.7 Å². The molecule has 0 radical (unpaired) electrons. The number of benzene rings is 2. The number of amides is 1. The molecule has 2 aromatic carbocycles. The Labute approximate surface area is 195 Å². The van der Waals surface area contributed by atoms with Gasteiger partial charge in [0.15, 0.2) is 0 Å². The van der Waals surface area contributed by atoms with Gasteiger partial charge in [-0.1, -0.05) is 12.1 Å². The van der Waals surface area contributed by atoms with Gasteiger partial charge in [0.2, 0.25) is 5.88 Å². The highest BCUT2D eigenvalue weighted by molar-refractivity contribution is 6.03. The quantitative estimate of drug-likeness (QED) is 0.396. The second kappa shape index (κ2) is 9.20. The van der Waals surface area contributed by atoms with Gasteiger partial charge in [0, 0.05) is 24.8 Å². The summed E-state index contributed by atoms with van der Waals surface area (Å²) < 4.78 is 98.6. The lowest BCUT2D eigenvalue weighted by Crippen LogP contribution is -2.35. The molecule has 4 nitrogen and oxygen atoms in total. The summed E-state index contributed by atoms with van der Waals surface area (Å²) in [5, 5.41) is 0. The van der Waals surface area contributed by atoms with Crippen molar-refractivity contribution in [3.8, 4) is 17.0 Å². The Hall–Kier alpha value is -3.63. The minimum absolute atomic E-state index is 0.0122.